The van der Waals surface area contributed by atoms with Crippen LogP contribution in [0.15, 0.2) is 0 Å². The zero-order valence-electron chi connectivity index (χ0n) is 7.97. The van der Waals surface area contributed by atoms with Crippen molar-refractivity contribution in [2.24, 2.45) is 5.73 Å². The number of esters is 1. The predicted molar refractivity (Wildman–Crippen MR) is 47.2 cm³/mol. The second-order valence-electron chi connectivity index (χ2n) is 3.13. The zero-order chi connectivity index (χ0) is 10.7. The molecule has 1 atom stereocenters. The number of nitrogens with two attached hydrogens (primary N) is 1. The standard InChI is InChI=1S/C8H14N2O4/c1-2-14-8(13)6(9)7(12)10-3-5(11)4-10/h5-6,11H,2-4,9H2,1H3. The highest BCUT2D eigenvalue weighted by Gasteiger charge is 2.35. The van der Waals surface area contributed by atoms with Gasteiger partial charge in [0.1, 0.15) is 0 Å². The van der Waals surface area contributed by atoms with Crippen LogP contribution in [0, 0.1) is 0 Å². The van der Waals surface area contributed by atoms with E-state index in [1.165, 1.54) is 4.90 Å². The van der Waals surface area contributed by atoms with Gasteiger partial charge in [0, 0.05) is 13.1 Å². The van der Waals surface area contributed by atoms with Gasteiger partial charge < -0.3 is 20.5 Å². The number of rotatable bonds is 3. The monoisotopic (exact) mass is 202 g/mol. The molecule has 1 aliphatic rings. The minimum atomic E-state index is -1.26. The van der Waals surface area contributed by atoms with E-state index >= 15 is 0 Å². The topological polar surface area (TPSA) is 92.9 Å². The largest absolute Gasteiger partial charge is 0.464 e. The summed E-state index contributed by atoms with van der Waals surface area (Å²) < 4.78 is 4.60. The number of amides is 1. The summed E-state index contributed by atoms with van der Waals surface area (Å²) in [6.45, 7) is 2.32. The third-order valence-electron chi connectivity index (χ3n) is 1.98. The number of hydrogen-bond acceptors (Lipinski definition) is 5. The Bertz CT molecular complexity index is 237. The summed E-state index contributed by atoms with van der Waals surface area (Å²) in [6, 6.07) is -1.26. The molecule has 0 spiro atoms. The van der Waals surface area contributed by atoms with Crippen LogP contribution in [-0.2, 0) is 14.3 Å². The number of ether oxygens (including phenoxy) is 1. The van der Waals surface area contributed by atoms with Gasteiger partial charge >= 0.3 is 5.97 Å². The minimum absolute atomic E-state index is 0.197. The van der Waals surface area contributed by atoms with Crippen LogP contribution in [0.2, 0.25) is 0 Å². The van der Waals surface area contributed by atoms with Crippen molar-refractivity contribution in [1.29, 1.82) is 0 Å². The highest BCUT2D eigenvalue weighted by Crippen LogP contribution is 2.08. The smallest absolute Gasteiger partial charge is 0.332 e. The third-order valence-corrected chi connectivity index (χ3v) is 1.98. The highest BCUT2D eigenvalue weighted by molar-refractivity contribution is 6.01. The van der Waals surface area contributed by atoms with Gasteiger partial charge in [0.25, 0.3) is 5.91 Å². The molecule has 1 fully saturated rings. The van der Waals surface area contributed by atoms with Crippen LogP contribution >= 0.6 is 0 Å². The fourth-order valence-electron chi connectivity index (χ4n) is 1.16. The second kappa shape index (κ2) is 4.39. The van der Waals surface area contributed by atoms with Gasteiger partial charge in [0.05, 0.1) is 12.7 Å². The lowest BCUT2D eigenvalue weighted by molar-refractivity contribution is -0.155. The third kappa shape index (κ3) is 2.21. The van der Waals surface area contributed by atoms with Crippen LogP contribution < -0.4 is 5.73 Å². The Balaban J connectivity index is 2.40. The molecule has 1 unspecified atom stereocenters. The molecule has 1 aliphatic heterocycles. The number of likely N-dealkylation sites (tertiary alicyclic amines) is 1. The maximum absolute atomic E-state index is 11.4. The summed E-state index contributed by atoms with van der Waals surface area (Å²) >= 11 is 0. The number of carbonyl (C=O) groups is 2. The zero-order valence-corrected chi connectivity index (χ0v) is 7.97. The maximum Gasteiger partial charge on any atom is 0.332 e. The Morgan fingerprint density at radius 3 is 2.64 bits per heavy atom. The molecule has 0 aromatic rings. The van der Waals surface area contributed by atoms with Crippen molar-refractivity contribution in [1.82, 2.24) is 4.90 Å². The normalized spacial score (nSPS) is 18.6. The molecule has 14 heavy (non-hydrogen) atoms. The summed E-state index contributed by atoms with van der Waals surface area (Å²) in [5, 5.41) is 8.94. The van der Waals surface area contributed by atoms with Gasteiger partial charge in [-0.05, 0) is 6.92 Å². The number of nitrogens with zero attached hydrogens (tertiary/aromatic N) is 1. The van der Waals surface area contributed by atoms with Crippen LogP contribution in [0.25, 0.3) is 0 Å². The predicted octanol–water partition coefficient (Wildman–Crippen LogP) is -1.92. The lowest BCUT2D eigenvalue weighted by atomic mass is 10.1. The Hall–Kier alpha value is -1.14. The molecular formula is C8H14N2O4. The molecule has 0 radical (unpaired) electrons. The van der Waals surface area contributed by atoms with Crippen molar-refractivity contribution in [3.05, 3.63) is 0 Å². The van der Waals surface area contributed by atoms with Crippen LogP contribution in [0.1, 0.15) is 6.92 Å². The van der Waals surface area contributed by atoms with Crippen molar-refractivity contribution in [2.75, 3.05) is 19.7 Å². The minimum Gasteiger partial charge on any atom is -0.464 e. The quantitative estimate of drug-likeness (QED) is 0.411. The number of aliphatic hydroxyl groups excluding tert-OH is 1. The van der Waals surface area contributed by atoms with Crippen molar-refractivity contribution in [3.8, 4) is 0 Å². The van der Waals surface area contributed by atoms with Gasteiger partial charge in [0.2, 0.25) is 0 Å². The first-order valence-electron chi connectivity index (χ1n) is 4.45. The molecule has 6 heteroatoms. The van der Waals surface area contributed by atoms with Crippen molar-refractivity contribution >= 4 is 11.9 Å². The van der Waals surface area contributed by atoms with Crippen LogP contribution in [-0.4, -0.2) is 53.7 Å². The van der Waals surface area contributed by atoms with Crippen molar-refractivity contribution < 1.29 is 19.4 Å². The molecule has 3 N–H and O–H groups in total. The summed E-state index contributed by atoms with van der Waals surface area (Å²) in [6.07, 6.45) is -0.492. The molecule has 1 saturated heterocycles. The van der Waals surface area contributed by atoms with E-state index in [-0.39, 0.29) is 19.7 Å². The first kappa shape index (κ1) is 10.9. The lowest BCUT2D eigenvalue weighted by Gasteiger charge is -2.36. The molecule has 0 aromatic heterocycles. The summed E-state index contributed by atoms with van der Waals surface area (Å²) in [7, 11) is 0. The van der Waals surface area contributed by atoms with Crippen molar-refractivity contribution in [2.45, 2.75) is 19.1 Å². The SMILES string of the molecule is CCOC(=O)C(N)C(=O)N1CC(O)C1. The van der Waals surface area contributed by atoms with E-state index in [1.54, 1.807) is 6.92 Å². The molecule has 1 amide bonds. The fourth-order valence-corrected chi connectivity index (χ4v) is 1.16. The molecular weight excluding hydrogens is 188 g/mol. The van der Waals surface area contributed by atoms with Crippen LogP contribution in [0.5, 0.6) is 0 Å². The first-order chi connectivity index (χ1) is 6.56. The molecule has 0 aromatic carbocycles. The van der Waals surface area contributed by atoms with Crippen LogP contribution in [0.3, 0.4) is 0 Å². The van der Waals surface area contributed by atoms with E-state index in [1.807, 2.05) is 0 Å². The molecule has 0 bridgehead atoms. The summed E-state index contributed by atoms with van der Waals surface area (Å²) in [5.41, 5.74) is 5.36. The average molecular weight is 202 g/mol. The van der Waals surface area contributed by atoms with E-state index in [0.29, 0.717) is 0 Å². The molecule has 1 heterocycles. The van der Waals surface area contributed by atoms with E-state index < -0.39 is 24.0 Å². The Labute approximate surface area is 81.6 Å². The molecule has 1 rings (SSSR count). The lowest BCUT2D eigenvalue weighted by Crippen LogP contribution is -2.59. The van der Waals surface area contributed by atoms with E-state index in [4.69, 9.17) is 10.8 Å². The van der Waals surface area contributed by atoms with Crippen molar-refractivity contribution in [3.63, 3.8) is 0 Å². The van der Waals surface area contributed by atoms with E-state index in [0.717, 1.165) is 0 Å². The van der Waals surface area contributed by atoms with Gasteiger partial charge in [-0.15, -0.1) is 0 Å². The van der Waals surface area contributed by atoms with Gasteiger partial charge in [-0.2, -0.15) is 0 Å². The number of β-amino-alcohol motifs (C(OH)–C–C–N with tert-alkyl or cyclic N) is 1. The Morgan fingerprint density at radius 1 is 1.64 bits per heavy atom. The first-order valence-corrected chi connectivity index (χ1v) is 4.45. The molecule has 80 valence electrons. The second-order valence-corrected chi connectivity index (χ2v) is 3.13. The molecule has 6 nitrogen and oxygen atoms in total. The van der Waals surface area contributed by atoms with Crippen LogP contribution in [0.4, 0.5) is 0 Å². The van der Waals surface area contributed by atoms with Gasteiger partial charge in [0.15, 0.2) is 6.04 Å². The number of aliphatic hydroxyl groups is 1. The Morgan fingerprint density at radius 2 is 2.21 bits per heavy atom. The van der Waals surface area contributed by atoms with E-state index in [9.17, 15) is 9.59 Å². The molecule has 0 saturated carbocycles. The Kier molecular flexibility index (Phi) is 3.43. The van der Waals surface area contributed by atoms with Gasteiger partial charge in [-0.3, -0.25) is 4.79 Å². The summed E-state index contributed by atoms with van der Waals surface area (Å²) in [5.74, 6) is -1.22. The number of carbonyl (C=O) groups excluding carboxylic acids is 2. The van der Waals surface area contributed by atoms with Gasteiger partial charge in [-0.1, -0.05) is 0 Å². The fraction of sp³-hybridized carbons (Fsp3) is 0.750. The van der Waals surface area contributed by atoms with E-state index in [2.05, 4.69) is 4.74 Å². The summed E-state index contributed by atoms with van der Waals surface area (Å²) in [4.78, 5) is 23.8. The highest BCUT2D eigenvalue weighted by atomic mass is 16.5. The molecule has 0 aliphatic carbocycles. The average Bonchev–Trinajstić information content (AvgIpc) is 2.11. The van der Waals surface area contributed by atoms with Gasteiger partial charge in [-0.25, -0.2) is 4.79 Å². The number of hydrogen-bond donors (Lipinski definition) is 2. The maximum atomic E-state index is 11.4.